The van der Waals surface area contributed by atoms with Gasteiger partial charge in [0.05, 0.1) is 16.4 Å². The van der Waals surface area contributed by atoms with Crippen LogP contribution in [0.1, 0.15) is 52.8 Å². The minimum Gasteiger partial charge on any atom is -0.484 e. The summed E-state index contributed by atoms with van der Waals surface area (Å²) in [7, 11) is 0. The number of halogens is 2. The highest BCUT2D eigenvalue weighted by Gasteiger charge is 2.22. The number of anilines is 1. The molecule has 3 aromatic rings. The molecule has 0 aliphatic carbocycles. The molecule has 1 aromatic heterocycles. The highest BCUT2D eigenvalue weighted by molar-refractivity contribution is 6.34. The van der Waals surface area contributed by atoms with Crippen LogP contribution in [0.25, 0.3) is 5.69 Å². The van der Waals surface area contributed by atoms with Gasteiger partial charge in [-0.3, -0.25) is 4.79 Å². The van der Waals surface area contributed by atoms with Crippen LogP contribution in [-0.4, -0.2) is 22.3 Å². The molecule has 0 bridgehead atoms. The van der Waals surface area contributed by atoms with Crippen LogP contribution in [0.15, 0.2) is 48.5 Å². The predicted molar refractivity (Wildman–Crippen MR) is 132 cm³/mol. The Kier molecular flexibility index (Phi) is 6.91. The van der Waals surface area contributed by atoms with E-state index >= 15 is 0 Å². The zero-order chi connectivity index (χ0) is 23.7. The van der Waals surface area contributed by atoms with Crippen LogP contribution in [0, 0.1) is 0 Å². The van der Waals surface area contributed by atoms with Crippen LogP contribution in [-0.2, 0) is 15.6 Å². The number of nitrogens with one attached hydrogen (secondary N) is 1. The monoisotopic (exact) mass is 473 g/mol. The highest BCUT2D eigenvalue weighted by atomic mass is 35.5. The van der Waals surface area contributed by atoms with Gasteiger partial charge < -0.3 is 10.1 Å². The third-order valence-corrected chi connectivity index (χ3v) is 5.53. The molecule has 1 N–H and O–H groups in total. The van der Waals surface area contributed by atoms with Crippen molar-refractivity contribution in [2.45, 2.75) is 52.4 Å². The van der Waals surface area contributed by atoms with E-state index in [0.29, 0.717) is 27.3 Å². The maximum Gasteiger partial charge on any atom is 0.263 e. The van der Waals surface area contributed by atoms with E-state index < -0.39 is 0 Å². The van der Waals surface area contributed by atoms with Crippen molar-refractivity contribution in [1.82, 2.24) is 9.78 Å². The quantitative estimate of drug-likeness (QED) is 0.443. The number of ether oxygens (including phenoxy) is 1. The van der Waals surface area contributed by atoms with Crippen molar-refractivity contribution >= 4 is 34.9 Å². The van der Waals surface area contributed by atoms with E-state index in [0.717, 1.165) is 5.69 Å². The Morgan fingerprint density at radius 2 is 1.62 bits per heavy atom. The Labute approximate surface area is 199 Å². The van der Waals surface area contributed by atoms with Crippen LogP contribution < -0.4 is 10.1 Å². The molecule has 0 aliphatic rings. The molecule has 0 aliphatic heterocycles. The number of carbonyl (C=O) groups is 1. The van der Waals surface area contributed by atoms with Crippen molar-refractivity contribution in [3.8, 4) is 11.4 Å². The minimum absolute atomic E-state index is 0.0562. The van der Waals surface area contributed by atoms with Crippen molar-refractivity contribution < 1.29 is 9.53 Å². The molecule has 0 saturated heterocycles. The van der Waals surface area contributed by atoms with E-state index in [1.165, 1.54) is 5.56 Å². The topological polar surface area (TPSA) is 56.1 Å². The smallest absolute Gasteiger partial charge is 0.263 e. The fourth-order valence-corrected chi connectivity index (χ4v) is 3.41. The standard InChI is InChI=1S/C25H29Cl2N3O2/c1-24(2,3)16-7-10-18(11-8-16)32-15-23(31)28-22-14-21(25(4,5)6)29-30(22)20-13-17(26)9-12-19(20)27/h7-14H,15H2,1-6H3,(H,28,31). The summed E-state index contributed by atoms with van der Waals surface area (Å²) >= 11 is 12.6. The van der Waals surface area contributed by atoms with Crippen LogP contribution >= 0.6 is 23.2 Å². The summed E-state index contributed by atoms with van der Waals surface area (Å²) in [6, 6.07) is 14.7. The number of carbonyl (C=O) groups excluding carboxylic acids is 1. The predicted octanol–water partition coefficient (Wildman–Crippen LogP) is 6.79. The van der Waals surface area contributed by atoms with E-state index in [1.807, 2.05) is 30.3 Å². The van der Waals surface area contributed by atoms with Crippen LogP contribution in [0.3, 0.4) is 0 Å². The average molecular weight is 474 g/mol. The summed E-state index contributed by atoms with van der Waals surface area (Å²) in [5.74, 6) is 0.829. The molecule has 7 heteroatoms. The number of benzene rings is 2. The molecule has 2 aromatic carbocycles. The molecular weight excluding hydrogens is 445 g/mol. The van der Waals surface area contributed by atoms with Gasteiger partial charge in [-0.15, -0.1) is 0 Å². The lowest BCUT2D eigenvalue weighted by Gasteiger charge is -2.19. The van der Waals surface area contributed by atoms with E-state index in [1.54, 1.807) is 22.9 Å². The Balaban J connectivity index is 1.79. The number of amides is 1. The van der Waals surface area contributed by atoms with Crippen molar-refractivity contribution in [3.63, 3.8) is 0 Å². The second-order valence-corrected chi connectivity index (χ2v) is 10.6. The van der Waals surface area contributed by atoms with Gasteiger partial charge in [-0.25, -0.2) is 4.68 Å². The van der Waals surface area contributed by atoms with Gasteiger partial charge in [0.15, 0.2) is 6.61 Å². The second-order valence-electron chi connectivity index (χ2n) is 9.78. The lowest BCUT2D eigenvalue weighted by Crippen LogP contribution is -2.22. The maximum atomic E-state index is 12.7. The van der Waals surface area contributed by atoms with Crippen LogP contribution in [0.5, 0.6) is 5.75 Å². The first-order valence-electron chi connectivity index (χ1n) is 10.4. The summed E-state index contributed by atoms with van der Waals surface area (Å²) in [5.41, 5.74) is 2.43. The zero-order valence-corrected chi connectivity index (χ0v) is 20.8. The third-order valence-electron chi connectivity index (χ3n) is 4.97. The zero-order valence-electron chi connectivity index (χ0n) is 19.3. The Bertz CT molecular complexity index is 1110. The molecular formula is C25H29Cl2N3O2. The van der Waals surface area contributed by atoms with Gasteiger partial charge in [0.1, 0.15) is 11.6 Å². The van der Waals surface area contributed by atoms with Crippen LogP contribution in [0.4, 0.5) is 5.82 Å². The van der Waals surface area contributed by atoms with Crippen molar-refractivity contribution in [1.29, 1.82) is 0 Å². The van der Waals surface area contributed by atoms with Gasteiger partial charge in [0.25, 0.3) is 5.91 Å². The highest BCUT2D eigenvalue weighted by Crippen LogP contribution is 2.31. The lowest BCUT2D eigenvalue weighted by molar-refractivity contribution is -0.118. The molecule has 0 radical (unpaired) electrons. The van der Waals surface area contributed by atoms with Gasteiger partial charge >= 0.3 is 0 Å². The van der Waals surface area contributed by atoms with Gasteiger partial charge in [-0.1, -0.05) is 76.9 Å². The first kappa shape index (κ1) is 24.1. The lowest BCUT2D eigenvalue weighted by atomic mass is 9.87. The van der Waals surface area contributed by atoms with Crippen molar-refractivity contribution in [3.05, 3.63) is 69.8 Å². The van der Waals surface area contributed by atoms with Crippen molar-refractivity contribution in [2.24, 2.45) is 0 Å². The SMILES string of the molecule is CC(C)(C)c1ccc(OCC(=O)Nc2cc(C(C)(C)C)nn2-c2cc(Cl)ccc2Cl)cc1. The molecule has 32 heavy (non-hydrogen) atoms. The summed E-state index contributed by atoms with van der Waals surface area (Å²) in [6.45, 7) is 12.5. The molecule has 0 atom stereocenters. The Hall–Kier alpha value is -2.50. The van der Waals surface area contributed by atoms with Gasteiger partial charge in [0.2, 0.25) is 0 Å². The first-order chi connectivity index (χ1) is 14.8. The van der Waals surface area contributed by atoms with E-state index in [2.05, 4.69) is 52.0 Å². The molecule has 0 spiro atoms. The summed E-state index contributed by atoms with van der Waals surface area (Å²) < 4.78 is 7.28. The van der Waals surface area contributed by atoms with Gasteiger partial charge in [-0.05, 0) is 41.3 Å². The molecule has 0 saturated carbocycles. The summed E-state index contributed by atoms with van der Waals surface area (Å²) in [5, 5.41) is 8.56. The maximum absolute atomic E-state index is 12.7. The molecule has 1 amide bonds. The number of aromatic nitrogens is 2. The van der Waals surface area contributed by atoms with Crippen molar-refractivity contribution in [2.75, 3.05) is 11.9 Å². The summed E-state index contributed by atoms with van der Waals surface area (Å²) in [6.07, 6.45) is 0. The van der Waals surface area contributed by atoms with Gasteiger partial charge in [0, 0.05) is 16.5 Å². The molecule has 170 valence electrons. The minimum atomic E-state index is -0.301. The molecule has 5 nitrogen and oxygen atoms in total. The van der Waals surface area contributed by atoms with E-state index in [4.69, 9.17) is 27.9 Å². The average Bonchev–Trinajstić information content (AvgIpc) is 3.12. The van der Waals surface area contributed by atoms with E-state index in [-0.39, 0.29) is 23.3 Å². The third kappa shape index (κ3) is 5.84. The fraction of sp³-hybridized carbons (Fsp3) is 0.360. The van der Waals surface area contributed by atoms with E-state index in [9.17, 15) is 4.79 Å². The molecule has 3 rings (SSSR count). The number of nitrogens with zero attached hydrogens (tertiary/aromatic N) is 2. The van der Waals surface area contributed by atoms with Crippen LogP contribution in [0.2, 0.25) is 10.0 Å². The number of hydrogen-bond donors (Lipinski definition) is 1. The second kappa shape index (κ2) is 9.16. The number of hydrogen-bond acceptors (Lipinski definition) is 3. The fourth-order valence-electron chi connectivity index (χ4n) is 3.05. The number of rotatable bonds is 5. The largest absolute Gasteiger partial charge is 0.484 e. The molecule has 1 heterocycles. The van der Waals surface area contributed by atoms with Gasteiger partial charge in [-0.2, -0.15) is 5.10 Å². The first-order valence-corrected chi connectivity index (χ1v) is 11.2. The Morgan fingerprint density at radius 1 is 0.969 bits per heavy atom. The molecule has 0 fully saturated rings. The molecule has 0 unspecified atom stereocenters. The summed E-state index contributed by atoms with van der Waals surface area (Å²) in [4.78, 5) is 12.7. The Morgan fingerprint density at radius 3 is 2.22 bits per heavy atom. The normalized spacial score (nSPS) is 12.0.